The molecule has 0 atom stereocenters. The molecule has 4 N–H and O–H groups in total. The Balaban J connectivity index is 1.55. The maximum absolute atomic E-state index is 13.4. The van der Waals surface area contributed by atoms with Gasteiger partial charge in [-0.25, -0.2) is 14.8 Å². The highest BCUT2D eigenvalue weighted by molar-refractivity contribution is 6.09. The number of pyridine rings is 1. The lowest BCUT2D eigenvalue weighted by Crippen LogP contribution is -2.48. The molecule has 9 nitrogen and oxygen atoms in total. The third-order valence-corrected chi connectivity index (χ3v) is 6.31. The van der Waals surface area contributed by atoms with Crippen molar-refractivity contribution in [3.63, 3.8) is 0 Å². The van der Waals surface area contributed by atoms with Crippen molar-refractivity contribution in [1.82, 2.24) is 19.8 Å². The van der Waals surface area contributed by atoms with Crippen molar-refractivity contribution in [1.29, 1.82) is 0 Å². The maximum atomic E-state index is 13.4. The first kappa shape index (κ1) is 22.6. The SMILES string of the molecule is CC(N)=Nc1cc(-c2[nH]c3c(c2Nc2ccccc2)C(=O)CN(C(=O)N2CCCCC2)C3)ccn1. The summed E-state index contributed by atoms with van der Waals surface area (Å²) in [5.41, 5.74) is 10.2. The molecule has 5 rings (SSSR count). The summed E-state index contributed by atoms with van der Waals surface area (Å²) in [6.45, 7) is 3.60. The number of hydrogen-bond acceptors (Lipinski definition) is 5. The Hall–Kier alpha value is -4.14. The maximum Gasteiger partial charge on any atom is 0.320 e. The topological polar surface area (TPSA) is 120 Å². The molecule has 0 aliphatic carbocycles. The van der Waals surface area contributed by atoms with Crippen LogP contribution in [0.15, 0.2) is 53.7 Å². The number of H-pyrrole nitrogens is 1. The molecule has 180 valence electrons. The number of para-hydroxylation sites is 1. The standard InChI is InChI=1S/C26H29N7O2/c1-17(27)29-22-14-18(10-11-28-22)24-25(30-19-8-4-2-5-9-19)23-20(31-24)15-33(16-21(23)34)26(35)32-12-6-3-7-13-32/h2,4-5,8-11,14,30-31H,3,6-7,12-13,15-16H2,1H3,(H2,27,28,29). The van der Waals surface area contributed by atoms with E-state index in [9.17, 15) is 9.59 Å². The van der Waals surface area contributed by atoms with Gasteiger partial charge in [0.2, 0.25) is 0 Å². The average molecular weight is 472 g/mol. The van der Waals surface area contributed by atoms with Crippen LogP contribution in [-0.2, 0) is 6.54 Å². The number of aromatic amines is 1. The molecule has 3 aromatic rings. The fraction of sp³-hybridized carbons (Fsp3) is 0.308. The summed E-state index contributed by atoms with van der Waals surface area (Å²) in [6, 6.07) is 13.3. The third kappa shape index (κ3) is 4.75. The Morgan fingerprint density at radius 1 is 1.09 bits per heavy atom. The summed E-state index contributed by atoms with van der Waals surface area (Å²) in [6.07, 6.45) is 4.82. The number of amidine groups is 1. The molecule has 0 radical (unpaired) electrons. The summed E-state index contributed by atoms with van der Waals surface area (Å²) in [5.74, 6) is 0.793. The highest BCUT2D eigenvalue weighted by Gasteiger charge is 2.34. The number of anilines is 2. The predicted octanol–water partition coefficient (Wildman–Crippen LogP) is 4.43. The lowest BCUT2D eigenvalue weighted by Gasteiger charge is -2.34. The quantitative estimate of drug-likeness (QED) is 0.384. The number of nitrogens with one attached hydrogen (secondary N) is 2. The number of aromatic nitrogens is 2. The second-order valence-electron chi connectivity index (χ2n) is 8.99. The Bertz CT molecular complexity index is 1270. The van der Waals surface area contributed by atoms with E-state index < -0.39 is 0 Å². The molecule has 1 fully saturated rings. The van der Waals surface area contributed by atoms with Crippen LogP contribution in [0.1, 0.15) is 42.2 Å². The van der Waals surface area contributed by atoms with E-state index in [1.807, 2.05) is 47.4 Å². The van der Waals surface area contributed by atoms with Crippen molar-refractivity contribution in [2.24, 2.45) is 10.7 Å². The first-order valence-electron chi connectivity index (χ1n) is 11.9. The molecule has 0 unspecified atom stereocenters. The Labute approximate surface area is 204 Å². The molecule has 2 amide bonds. The van der Waals surface area contributed by atoms with Gasteiger partial charge in [-0.2, -0.15) is 0 Å². The highest BCUT2D eigenvalue weighted by atomic mass is 16.2. The van der Waals surface area contributed by atoms with Crippen molar-refractivity contribution in [2.75, 3.05) is 25.0 Å². The van der Waals surface area contributed by atoms with E-state index in [-0.39, 0.29) is 18.4 Å². The van der Waals surface area contributed by atoms with Crippen LogP contribution >= 0.6 is 0 Å². The Morgan fingerprint density at radius 3 is 2.60 bits per heavy atom. The number of amides is 2. The molecule has 2 aromatic heterocycles. The van der Waals surface area contributed by atoms with Gasteiger partial charge in [0, 0.05) is 36.2 Å². The van der Waals surface area contributed by atoms with E-state index in [2.05, 4.69) is 20.3 Å². The van der Waals surface area contributed by atoms with E-state index >= 15 is 0 Å². The van der Waals surface area contributed by atoms with Crippen LogP contribution in [0, 0.1) is 0 Å². The largest absolute Gasteiger partial charge is 0.387 e. The molecule has 2 aliphatic heterocycles. The molecular formula is C26H29N7O2. The van der Waals surface area contributed by atoms with E-state index in [0.29, 0.717) is 29.4 Å². The minimum atomic E-state index is -0.0948. The molecule has 4 heterocycles. The zero-order valence-corrected chi connectivity index (χ0v) is 19.8. The molecular weight excluding hydrogens is 442 g/mol. The highest BCUT2D eigenvalue weighted by Crippen LogP contribution is 2.38. The van der Waals surface area contributed by atoms with Gasteiger partial charge in [-0.1, -0.05) is 18.2 Å². The molecule has 0 spiro atoms. The van der Waals surface area contributed by atoms with Gasteiger partial charge in [0.05, 0.1) is 35.9 Å². The number of piperidine rings is 1. The average Bonchev–Trinajstić information content (AvgIpc) is 3.23. The number of hydrogen-bond donors (Lipinski definition) is 3. The van der Waals surface area contributed by atoms with Gasteiger partial charge in [-0.15, -0.1) is 0 Å². The lowest BCUT2D eigenvalue weighted by molar-refractivity contribution is 0.0881. The number of urea groups is 1. The fourth-order valence-corrected chi connectivity index (χ4v) is 4.72. The lowest BCUT2D eigenvalue weighted by atomic mass is 10.0. The van der Waals surface area contributed by atoms with Crippen molar-refractivity contribution in [3.05, 3.63) is 59.9 Å². The summed E-state index contributed by atoms with van der Waals surface area (Å²) in [4.78, 5) is 42.0. The van der Waals surface area contributed by atoms with Crippen molar-refractivity contribution in [3.8, 4) is 11.3 Å². The van der Waals surface area contributed by atoms with E-state index in [4.69, 9.17) is 5.73 Å². The molecule has 0 saturated carbocycles. The molecule has 9 heteroatoms. The minimum absolute atomic E-state index is 0.0569. The van der Waals surface area contributed by atoms with Gasteiger partial charge in [0.1, 0.15) is 0 Å². The van der Waals surface area contributed by atoms with Crippen LogP contribution < -0.4 is 11.1 Å². The number of ketones is 1. The van der Waals surface area contributed by atoms with Gasteiger partial charge in [0.25, 0.3) is 0 Å². The first-order chi connectivity index (χ1) is 17.0. The summed E-state index contributed by atoms with van der Waals surface area (Å²) in [5, 5.41) is 3.43. The van der Waals surface area contributed by atoms with Gasteiger partial charge < -0.3 is 25.8 Å². The van der Waals surface area contributed by atoms with Crippen LogP contribution in [0.2, 0.25) is 0 Å². The molecule has 2 aliphatic rings. The van der Waals surface area contributed by atoms with Crippen molar-refractivity contribution < 1.29 is 9.59 Å². The molecule has 35 heavy (non-hydrogen) atoms. The molecule has 1 saturated heterocycles. The van der Waals surface area contributed by atoms with Gasteiger partial charge in [-0.05, 0) is 50.5 Å². The number of fused-ring (bicyclic) bond motifs is 1. The van der Waals surface area contributed by atoms with Crippen LogP contribution in [0.3, 0.4) is 0 Å². The number of carbonyl (C=O) groups excluding carboxylic acids is 2. The predicted molar refractivity (Wildman–Crippen MR) is 136 cm³/mol. The normalized spacial score (nSPS) is 16.3. The van der Waals surface area contributed by atoms with Gasteiger partial charge in [0.15, 0.2) is 11.6 Å². The summed E-state index contributed by atoms with van der Waals surface area (Å²) in [7, 11) is 0. The van der Waals surface area contributed by atoms with Crippen molar-refractivity contribution >= 4 is 34.8 Å². The van der Waals surface area contributed by atoms with Crippen molar-refractivity contribution in [2.45, 2.75) is 32.7 Å². The summed E-state index contributed by atoms with van der Waals surface area (Å²) >= 11 is 0. The fourth-order valence-electron chi connectivity index (χ4n) is 4.72. The monoisotopic (exact) mass is 471 g/mol. The smallest absolute Gasteiger partial charge is 0.320 e. The van der Waals surface area contributed by atoms with Crippen LogP contribution in [-0.4, -0.2) is 57.1 Å². The van der Waals surface area contributed by atoms with Gasteiger partial charge in [-0.3, -0.25) is 4.79 Å². The number of carbonyl (C=O) groups is 2. The zero-order valence-electron chi connectivity index (χ0n) is 19.8. The second-order valence-corrected chi connectivity index (χ2v) is 8.99. The molecule has 1 aromatic carbocycles. The Morgan fingerprint density at radius 2 is 1.86 bits per heavy atom. The zero-order chi connectivity index (χ0) is 24.4. The number of Topliss-reactive ketones (excluding diaryl/α,β-unsaturated/α-hetero) is 1. The molecule has 0 bridgehead atoms. The van der Waals surface area contributed by atoms with E-state index in [1.54, 1.807) is 18.0 Å². The Kier molecular flexibility index (Phi) is 6.22. The van der Waals surface area contributed by atoms with Crippen LogP contribution in [0.25, 0.3) is 11.3 Å². The number of aliphatic imine (C=N–C) groups is 1. The summed E-state index contributed by atoms with van der Waals surface area (Å²) < 4.78 is 0. The first-order valence-corrected chi connectivity index (χ1v) is 11.9. The number of rotatable bonds is 4. The van der Waals surface area contributed by atoms with Gasteiger partial charge >= 0.3 is 6.03 Å². The van der Waals surface area contributed by atoms with E-state index in [1.165, 1.54) is 0 Å². The number of nitrogens with two attached hydrogens (primary N) is 1. The van der Waals surface area contributed by atoms with Crippen LogP contribution in [0.4, 0.5) is 22.0 Å². The van der Waals surface area contributed by atoms with E-state index in [0.717, 1.165) is 55.0 Å². The number of nitrogens with zero attached hydrogens (tertiary/aromatic N) is 4. The third-order valence-electron chi connectivity index (χ3n) is 6.31. The number of benzene rings is 1. The minimum Gasteiger partial charge on any atom is -0.387 e. The van der Waals surface area contributed by atoms with Crippen LogP contribution in [0.5, 0.6) is 0 Å². The second kappa shape index (κ2) is 9.61. The number of likely N-dealkylation sites (tertiary alicyclic amines) is 1.